The van der Waals surface area contributed by atoms with Crippen molar-refractivity contribution in [3.63, 3.8) is 0 Å². The van der Waals surface area contributed by atoms with Gasteiger partial charge < -0.3 is 5.11 Å². The molecule has 1 heterocycles. The monoisotopic (exact) mass is 176 g/mol. The highest BCUT2D eigenvalue weighted by atomic mass is 16.4. The Morgan fingerprint density at radius 2 is 2.00 bits per heavy atom. The van der Waals surface area contributed by atoms with Crippen LogP contribution in [0.5, 0.6) is 0 Å². The quantitative estimate of drug-likeness (QED) is 0.679. The maximum absolute atomic E-state index is 10.4. The molecule has 4 nitrogen and oxygen atoms in total. The van der Waals surface area contributed by atoms with Gasteiger partial charge in [-0.05, 0) is 17.7 Å². The van der Waals surface area contributed by atoms with Crippen molar-refractivity contribution in [3.05, 3.63) is 36.7 Å². The first kappa shape index (κ1) is 9.12. The molecule has 0 bridgehead atoms. The van der Waals surface area contributed by atoms with Crippen LogP contribution >= 0.6 is 0 Å². The van der Waals surface area contributed by atoms with Gasteiger partial charge in [-0.3, -0.25) is 10.4 Å². The summed E-state index contributed by atoms with van der Waals surface area (Å²) < 4.78 is 0. The second-order valence-electron chi connectivity index (χ2n) is 2.39. The number of aromatic nitrogens is 1. The Kier molecular flexibility index (Phi) is 2.54. The van der Waals surface area contributed by atoms with Gasteiger partial charge in [0.05, 0.1) is 0 Å². The predicted octanol–water partition coefficient (Wildman–Crippen LogP) is 1.20. The molecule has 0 atom stereocenters. The molecule has 0 radical (unpaired) electrons. The number of carboxylic acid groups (broad SMARTS) is 1. The van der Waals surface area contributed by atoms with Crippen LogP contribution in [0.25, 0.3) is 5.57 Å². The molecule has 0 aliphatic rings. The molecule has 4 heteroatoms. The number of hydrogen-bond donors (Lipinski definition) is 2. The largest absolute Gasteiger partial charge is 0.477 e. The smallest absolute Gasteiger partial charge is 0.354 e. The van der Waals surface area contributed by atoms with Gasteiger partial charge in [-0.15, -0.1) is 0 Å². The van der Waals surface area contributed by atoms with Crippen molar-refractivity contribution in [2.75, 3.05) is 0 Å². The normalized spacial score (nSPS) is 9.23. The van der Waals surface area contributed by atoms with Gasteiger partial charge in [-0.2, -0.15) is 0 Å². The van der Waals surface area contributed by atoms with Crippen LogP contribution in [0.1, 0.15) is 5.56 Å². The molecular formula is C9H8N2O2. The van der Waals surface area contributed by atoms with E-state index < -0.39 is 11.7 Å². The molecule has 1 aromatic rings. The second kappa shape index (κ2) is 3.62. The molecule has 1 aromatic heterocycles. The van der Waals surface area contributed by atoms with Gasteiger partial charge in [0.2, 0.25) is 0 Å². The van der Waals surface area contributed by atoms with Crippen LogP contribution in [0.3, 0.4) is 0 Å². The van der Waals surface area contributed by atoms with Crippen molar-refractivity contribution in [2.45, 2.75) is 0 Å². The zero-order valence-corrected chi connectivity index (χ0v) is 6.82. The summed E-state index contributed by atoms with van der Waals surface area (Å²) in [4.78, 5) is 14.2. The summed E-state index contributed by atoms with van der Waals surface area (Å²) in [6, 6.07) is 3.22. The van der Waals surface area contributed by atoms with Crippen molar-refractivity contribution < 1.29 is 9.90 Å². The van der Waals surface area contributed by atoms with Crippen molar-refractivity contribution in [1.82, 2.24) is 4.98 Å². The summed E-state index contributed by atoms with van der Waals surface area (Å²) in [6.45, 7) is 3.51. The van der Waals surface area contributed by atoms with E-state index >= 15 is 0 Å². The number of aliphatic carboxylic acids is 1. The number of rotatable bonds is 3. The van der Waals surface area contributed by atoms with Gasteiger partial charge in [0.15, 0.2) is 0 Å². The molecule has 66 valence electrons. The average molecular weight is 176 g/mol. The zero-order chi connectivity index (χ0) is 9.84. The minimum absolute atomic E-state index is 0.190. The van der Waals surface area contributed by atoms with Crippen LogP contribution in [0.2, 0.25) is 0 Å². The number of hydrogen-bond acceptors (Lipinski definition) is 3. The highest BCUT2D eigenvalue weighted by molar-refractivity contribution is 6.52. The maximum atomic E-state index is 10.4. The number of nitrogens with one attached hydrogen (secondary N) is 1. The third kappa shape index (κ3) is 1.99. The maximum Gasteiger partial charge on any atom is 0.354 e. The Bertz CT molecular complexity index is 357. The first-order valence-corrected chi connectivity index (χ1v) is 3.54. The van der Waals surface area contributed by atoms with Crippen LogP contribution < -0.4 is 0 Å². The minimum atomic E-state index is -1.28. The van der Waals surface area contributed by atoms with Gasteiger partial charge in [0, 0.05) is 18.0 Å². The molecule has 0 aliphatic heterocycles. The molecule has 0 saturated carbocycles. The Morgan fingerprint density at radius 3 is 2.46 bits per heavy atom. The lowest BCUT2D eigenvalue weighted by Crippen LogP contribution is -2.12. The SMILES string of the molecule is C=C(C(=N)C(=O)O)c1ccncc1. The Labute approximate surface area is 75.1 Å². The van der Waals surface area contributed by atoms with Crippen LogP contribution in [-0.2, 0) is 4.79 Å². The molecule has 0 fully saturated rings. The first-order valence-electron chi connectivity index (χ1n) is 3.54. The molecule has 2 N–H and O–H groups in total. The Hall–Kier alpha value is -1.97. The molecule has 1 rings (SSSR count). The van der Waals surface area contributed by atoms with Gasteiger partial charge in [0.25, 0.3) is 0 Å². The lowest BCUT2D eigenvalue weighted by molar-refractivity contribution is -0.129. The van der Waals surface area contributed by atoms with Gasteiger partial charge >= 0.3 is 5.97 Å². The molecule has 0 aliphatic carbocycles. The minimum Gasteiger partial charge on any atom is -0.477 e. The Morgan fingerprint density at radius 1 is 1.46 bits per heavy atom. The molecular weight excluding hydrogens is 168 g/mol. The number of nitrogens with zero attached hydrogens (tertiary/aromatic N) is 1. The van der Waals surface area contributed by atoms with Crippen molar-refractivity contribution in [3.8, 4) is 0 Å². The van der Waals surface area contributed by atoms with Crippen molar-refractivity contribution >= 4 is 17.3 Å². The lowest BCUT2D eigenvalue weighted by atomic mass is 10.1. The Balaban J connectivity index is 2.93. The third-order valence-electron chi connectivity index (χ3n) is 1.54. The summed E-state index contributed by atoms with van der Waals surface area (Å²) >= 11 is 0. The fourth-order valence-electron chi connectivity index (χ4n) is 0.827. The molecule has 13 heavy (non-hydrogen) atoms. The van der Waals surface area contributed by atoms with E-state index in [1.54, 1.807) is 12.1 Å². The molecule has 0 amide bonds. The van der Waals surface area contributed by atoms with Gasteiger partial charge in [-0.25, -0.2) is 4.79 Å². The highest BCUT2D eigenvalue weighted by Crippen LogP contribution is 2.11. The molecule has 0 aromatic carbocycles. The number of pyridine rings is 1. The van der Waals surface area contributed by atoms with Crippen molar-refractivity contribution in [2.24, 2.45) is 0 Å². The summed E-state index contributed by atoms with van der Waals surface area (Å²) in [7, 11) is 0. The summed E-state index contributed by atoms with van der Waals surface area (Å²) in [5.41, 5.74) is 0.295. The lowest BCUT2D eigenvalue weighted by Gasteiger charge is -2.02. The fourth-order valence-corrected chi connectivity index (χ4v) is 0.827. The molecule has 0 spiro atoms. The van der Waals surface area contributed by atoms with Gasteiger partial charge in [-0.1, -0.05) is 6.58 Å². The third-order valence-corrected chi connectivity index (χ3v) is 1.54. The fraction of sp³-hybridized carbons (Fsp3) is 0. The van der Waals surface area contributed by atoms with Crippen LogP contribution in [-0.4, -0.2) is 21.8 Å². The number of carbonyl (C=O) groups is 1. The molecule has 0 saturated heterocycles. The summed E-state index contributed by atoms with van der Waals surface area (Å²) in [5.74, 6) is -1.28. The molecule has 0 unspecified atom stereocenters. The van der Waals surface area contributed by atoms with Crippen LogP contribution in [0.15, 0.2) is 31.1 Å². The first-order chi connectivity index (χ1) is 6.13. The topological polar surface area (TPSA) is 74.0 Å². The summed E-state index contributed by atoms with van der Waals surface area (Å²) in [6.07, 6.45) is 3.05. The average Bonchev–Trinajstić information content (AvgIpc) is 2.17. The van der Waals surface area contributed by atoms with E-state index in [4.69, 9.17) is 10.5 Å². The van der Waals surface area contributed by atoms with E-state index in [0.717, 1.165) is 0 Å². The van der Waals surface area contributed by atoms with E-state index in [9.17, 15) is 4.79 Å². The van der Waals surface area contributed by atoms with Crippen molar-refractivity contribution in [1.29, 1.82) is 5.41 Å². The second-order valence-corrected chi connectivity index (χ2v) is 2.39. The number of carboxylic acids is 1. The van der Waals surface area contributed by atoms with Gasteiger partial charge in [0.1, 0.15) is 5.71 Å². The van der Waals surface area contributed by atoms with E-state index in [-0.39, 0.29) is 5.57 Å². The van der Waals surface area contributed by atoms with E-state index in [0.29, 0.717) is 5.56 Å². The highest BCUT2D eigenvalue weighted by Gasteiger charge is 2.11. The van der Waals surface area contributed by atoms with E-state index in [1.165, 1.54) is 12.4 Å². The predicted molar refractivity (Wildman–Crippen MR) is 48.6 cm³/mol. The summed E-state index contributed by atoms with van der Waals surface area (Å²) in [5, 5.41) is 15.7. The van der Waals surface area contributed by atoms with Crippen LogP contribution in [0.4, 0.5) is 0 Å². The van der Waals surface area contributed by atoms with E-state index in [1.807, 2.05) is 0 Å². The standard InChI is InChI=1S/C9H8N2O2/c1-6(8(10)9(12)13)7-2-4-11-5-3-7/h2-5,10H,1H2,(H,12,13). The van der Waals surface area contributed by atoms with Crippen LogP contribution in [0, 0.1) is 5.41 Å². The zero-order valence-electron chi connectivity index (χ0n) is 6.82. The van der Waals surface area contributed by atoms with E-state index in [2.05, 4.69) is 11.6 Å².